The molecule has 31 heavy (non-hydrogen) atoms. The topological polar surface area (TPSA) is 68.6 Å². The molecule has 0 saturated carbocycles. The van der Waals surface area contributed by atoms with Gasteiger partial charge in [-0.1, -0.05) is 30.3 Å². The summed E-state index contributed by atoms with van der Waals surface area (Å²) < 4.78 is 5.38. The molecule has 0 saturated heterocycles. The fraction of sp³-hybridized carbons (Fsp3) is 0.200. The number of rotatable bonds is 6. The number of nitriles is 1. The summed E-state index contributed by atoms with van der Waals surface area (Å²) in [6.45, 7) is 0.666. The normalized spacial score (nSPS) is 14.9. The molecule has 0 fully saturated rings. The summed E-state index contributed by atoms with van der Waals surface area (Å²) in [5, 5.41) is 12.3. The Hall–Kier alpha value is -3.98. The maximum absolute atomic E-state index is 13.5. The van der Waals surface area contributed by atoms with Crippen LogP contribution in [0.2, 0.25) is 0 Å². The molecular formula is C25H24N4O2. The van der Waals surface area contributed by atoms with E-state index in [1.54, 1.807) is 12.0 Å². The van der Waals surface area contributed by atoms with Crippen molar-refractivity contribution in [1.29, 1.82) is 5.26 Å². The lowest BCUT2D eigenvalue weighted by molar-refractivity contribution is 0.0975. The van der Waals surface area contributed by atoms with Gasteiger partial charge in [0.2, 0.25) is 0 Å². The first-order chi connectivity index (χ1) is 15.1. The lowest BCUT2D eigenvalue weighted by atomic mass is 10.0. The van der Waals surface area contributed by atoms with Crippen LogP contribution in [-0.2, 0) is 0 Å². The van der Waals surface area contributed by atoms with E-state index in [9.17, 15) is 4.79 Å². The summed E-state index contributed by atoms with van der Waals surface area (Å²) in [5.41, 5.74) is 4.19. The summed E-state index contributed by atoms with van der Waals surface area (Å²) in [5.74, 6) is 0.625. The molecule has 1 atom stereocenters. The van der Waals surface area contributed by atoms with Gasteiger partial charge in [0.05, 0.1) is 30.9 Å². The van der Waals surface area contributed by atoms with Crippen molar-refractivity contribution in [1.82, 2.24) is 0 Å². The van der Waals surface area contributed by atoms with Crippen LogP contribution in [0.3, 0.4) is 0 Å². The molecule has 0 bridgehead atoms. The SMILES string of the molecule is COc1cccc(N2C(=O)c3ccccc3NC2c2ccc(N(C)CCC#N)cc2)c1. The first-order valence-corrected chi connectivity index (χ1v) is 10.1. The number of anilines is 3. The lowest BCUT2D eigenvalue weighted by Crippen LogP contribution is -2.43. The van der Waals surface area contributed by atoms with Gasteiger partial charge in [0.25, 0.3) is 5.91 Å². The highest BCUT2D eigenvalue weighted by Gasteiger charge is 2.34. The highest BCUT2D eigenvalue weighted by atomic mass is 16.5. The van der Waals surface area contributed by atoms with Gasteiger partial charge in [-0.15, -0.1) is 0 Å². The molecule has 1 aliphatic heterocycles. The fourth-order valence-corrected chi connectivity index (χ4v) is 3.77. The van der Waals surface area contributed by atoms with Crippen LogP contribution in [0.5, 0.6) is 5.75 Å². The van der Waals surface area contributed by atoms with Gasteiger partial charge in [0.15, 0.2) is 0 Å². The minimum Gasteiger partial charge on any atom is -0.497 e. The first kappa shape index (κ1) is 20.3. The molecule has 6 heteroatoms. The van der Waals surface area contributed by atoms with Crippen molar-refractivity contribution in [3.63, 3.8) is 0 Å². The van der Waals surface area contributed by atoms with E-state index in [-0.39, 0.29) is 12.1 Å². The van der Waals surface area contributed by atoms with E-state index in [4.69, 9.17) is 10.00 Å². The van der Waals surface area contributed by atoms with Crippen molar-refractivity contribution >= 4 is 23.0 Å². The quantitative estimate of drug-likeness (QED) is 0.629. The van der Waals surface area contributed by atoms with Gasteiger partial charge >= 0.3 is 0 Å². The molecule has 1 unspecified atom stereocenters. The monoisotopic (exact) mass is 412 g/mol. The van der Waals surface area contributed by atoms with Crippen LogP contribution < -0.4 is 19.9 Å². The average Bonchev–Trinajstić information content (AvgIpc) is 2.82. The Labute approximate surface area is 182 Å². The number of nitrogens with one attached hydrogen (secondary N) is 1. The van der Waals surface area contributed by atoms with Crippen LogP contribution in [0.15, 0.2) is 72.8 Å². The fourth-order valence-electron chi connectivity index (χ4n) is 3.77. The zero-order chi connectivity index (χ0) is 21.8. The maximum atomic E-state index is 13.5. The molecule has 4 rings (SSSR count). The maximum Gasteiger partial charge on any atom is 0.262 e. The number of para-hydroxylation sites is 1. The summed E-state index contributed by atoms with van der Waals surface area (Å²) in [7, 11) is 3.58. The van der Waals surface area contributed by atoms with E-state index in [1.165, 1.54) is 0 Å². The number of benzene rings is 3. The largest absolute Gasteiger partial charge is 0.497 e. The second-order valence-corrected chi connectivity index (χ2v) is 7.39. The van der Waals surface area contributed by atoms with E-state index in [1.807, 2.05) is 84.7 Å². The molecule has 0 aliphatic carbocycles. The zero-order valence-electron chi connectivity index (χ0n) is 17.6. The third-order valence-corrected chi connectivity index (χ3v) is 5.47. The van der Waals surface area contributed by atoms with Crippen LogP contribution in [0, 0.1) is 11.3 Å². The van der Waals surface area contributed by atoms with Crippen molar-refractivity contribution in [2.75, 3.05) is 35.8 Å². The summed E-state index contributed by atoms with van der Waals surface area (Å²) in [4.78, 5) is 17.3. The van der Waals surface area contributed by atoms with E-state index in [2.05, 4.69) is 11.4 Å². The third kappa shape index (κ3) is 4.03. The third-order valence-electron chi connectivity index (χ3n) is 5.47. The number of carbonyl (C=O) groups excluding carboxylic acids is 1. The number of ether oxygens (including phenoxy) is 1. The van der Waals surface area contributed by atoms with Crippen LogP contribution >= 0.6 is 0 Å². The predicted octanol–water partition coefficient (Wildman–Crippen LogP) is 4.82. The van der Waals surface area contributed by atoms with Crippen LogP contribution in [0.25, 0.3) is 0 Å². The highest BCUT2D eigenvalue weighted by molar-refractivity contribution is 6.12. The molecular weight excluding hydrogens is 388 g/mol. The number of amides is 1. The van der Waals surface area contributed by atoms with Gasteiger partial charge in [-0.2, -0.15) is 5.26 Å². The number of methoxy groups -OCH3 is 1. The average molecular weight is 412 g/mol. The minimum absolute atomic E-state index is 0.0668. The molecule has 3 aromatic carbocycles. The van der Waals surface area contributed by atoms with E-state index in [0.717, 1.165) is 22.6 Å². The molecule has 3 aromatic rings. The van der Waals surface area contributed by atoms with Gasteiger partial charge in [0, 0.05) is 31.0 Å². The van der Waals surface area contributed by atoms with Crippen molar-refractivity contribution < 1.29 is 9.53 Å². The van der Waals surface area contributed by atoms with Crippen molar-refractivity contribution in [2.24, 2.45) is 0 Å². The number of nitrogens with zero attached hydrogens (tertiary/aromatic N) is 3. The molecule has 6 nitrogen and oxygen atoms in total. The van der Waals surface area contributed by atoms with Crippen LogP contribution in [0.4, 0.5) is 17.1 Å². The smallest absolute Gasteiger partial charge is 0.262 e. The van der Waals surface area contributed by atoms with E-state index in [0.29, 0.717) is 24.3 Å². The molecule has 0 radical (unpaired) electrons. The summed E-state index contributed by atoms with van der Waals surface area (Å²) in [6.07, 6.45) is 0.102. The standard InChI is InChI=1S/C25H24N4O2/c1-28(16-6-15-26)19-13-11-18(12-14-19)24-27-23-10-4-3-9-22(23)25(30)29(24)20-7-5-8-21(17-20)31-2/h3-5,7-14,17,24,27H,6,16H2,1-2H3. The Balaban J connectivity index is 1.73. The molecule has 1 aliphatic rings. The lowest BCUT2D eigenvalue weighted by Gasteiger charge is -2.38. The van der Waals surface area contributed by atoms with Crippen LogP contribution in [0.1, 0.15) is 28.5 Å². The predicted molar refractivity (Wildman–Crippen MR) is 123 cm³/mol. The first-order valence-electron chi connectivity index (χ1n) is 10.1. The highest BCUT2D eigenvalue weighted by Crippen LogP contribution is 2.37. The summed E-state index contributed by atoms with van der Waals surface area (Å²) >= 11 is 0. The molecule has 1 amide bonds. The van der Waals surface area contributed by atoms with Crippen molar-refractivity contribution in [2.45, 2.75) is 12.6 Å². The Morgan fingerprint density at radius 1 is 1.10 bits per heavy atom. The van der Waals surface area contributed by atoms with E-state index < -0.39 is 0 Å². The Morgan fingerprint density at radius 3 is 2.61 bits per heavy atom. The van der Waals surface area contributed by atoms with Gasteiger partial charge < -0.3 is 15.0 Å². The van der Waals surface area contributed by atoms with Crippen LogP contribution in [-0.4, -0.2) is 26.6 Å². The second-order valence-electron chi connectivity index (χ2n) is 7.39. The number of fused-ring (bicyclic) bond motifs is 1. The Kier molecular flexibility index (Phi) is 5.76. The van der Waals surface area contributed by atoms with Crippen molar-refractivity contribution in [3.05, 3.63) is 83.9 Å². The molecule has 1 N–H and O–H groups in total. The molecule has 156 valence electrons. The number of hydrogen-bond donors (Lipinski definition) is 1. The minimum atomic E-state index is -0.368. The summed E-state index contributed by atoms with van der Waals surface area (Å²) in [6, 6.07) is 25.3. The molecule has 0 spiro atoms. The van der Waals surface area contributed by atoms with Crippen molar-refractivity contribution in [3.8, 4) is 11.8 Å². The zero-order valence-corrected chi connectivity index (χ0v) is 17.6. The van der Waals surface area contributed by atoms with Gasteiger partial charge in [-0.05, 0) is 42.0 Å². The van der Waals surface area contributed by atoms with Gasteiger partial charge in [-0.3, -0.25) is 9.69 Å². The van der Waals surface area contributed by atoms with E-state index >= 15 is 0 Å². The molecule has 0 aromatic heterocycles. The van der Waals surface area contributed by atoms with Gasteiger partial charge in [-0.25, -0.2) is 0 Å². The van der Waals surface area contributed by atoms with Gasteiger partial charge in [0.1, 0.15) is 11.9 Å². The molecule has 1 heterocycles. The Bertz CT molecular complexity index is 1120. The number of carbonyl (C=O) groups is 1. The number of hydrogen-bond acceptors (Lipinski definition) is 5. The second kappa shape index (κ2) is 8.80. The Morgan fingerprint density at radius 2 is 1.87 bits per heavy atom.